The van der Waals surface area contributed by atoms with E-state index in [4.69, 9.17) is 16.4 Å². The van der Waals surface area contributed by atoms with Gasteiger partial charge in [-0.25, -0.2) is 0 Å². The summed E-state index contributed by atoms with van der Waals surface area (Å²) in [4.78, 5) is 19.1. The third-order valence-corrected chi connectivity index (χ3v) is 0.723. The fraction of sp³-hybridized carbons (Fsp3) is 0.200. The summed E-state index contributed by atoms with van der Waals surface area (Å²) in [6.07, 6.45) is 0. The van der Waals surface area contributed by atoms with Crippen molar-refractivity contribution in [3.8, 4) is 0 Å². The molecule has 0 spiro atoms. The van der Waals surface area contributed by atoms with Crippen molar-refractivity contribution >= 4 is 47.3 Å². The molecule has 0 aromatic rings. The van der Waals surface area contributed by atoms with E-state index >= 15 is 0 Å². The summed E-state index contributed by atoms with van der Waals surface area (Å²) >= 11 is 11.8. The summed E-state index contributed by atoms with van der Waals surface area (Å²) in [7, 11) is 0. The number of halogens is 1. The number of primary amides is 1. The van der Waals surface area contributed by atoms with Gasteiger partial charge in [0.2, 0.25) is 0 Å². The van der Waals surface area contributed by atoms with Gasteiger partial charge in [-0.15, -0.1) is 0 Å². The standard InChI is InChI=1S/C4H6ClNOS.CH3NOS/c1-3(5)2-6-4(7)8;2-1(3)4/h1-2H2,(H2,6,7,8);(H3,2,3,4). The average Bonchev–Trinajstić information content (AvgIpc) is 1.82. The molecule has 12 heavy (non-hydrogen) atoms. The molecule has 0 radical (unpaired) electrons. The van der Waals surface area contributed by atoms with E-state index in [0.29, 0.717) is 5.03 Å². The summed E-state index contributed by atoms with van der Waals surface area (Å²) < 4.78 is 0. The molecule has 70 valence electrons. The summed E-state index contributed by atoms with van der Waals surface area (Å²) in [5.41, 5.74) is 4.34. The SMILES string of the molecule is C=C(Cl)CNC(=O)S.NC(=O)S. The van der Waals surface area contributed by atoms with E-state index < -0.39 is 10.5 Å². The van der Waals surface area contributed by atoms with Gasteiger partial charge in [0, 0.05) is 5.03 Å². The van der Waals surface area contributed by atoms with Crippen LogP contribution in [0.25, 0.3) is 0 Å². The Hall–Kier alpha value is -0.330. The minimum Gasteiger partial charge on any atom is -0.361 e. The quantitative estimate of drug-likeness (QED) is 0.539. The zero-order valence-corrected chi connectivity index (χ0v) is 8.63. The van der Waals surface area contributed by atoms with Gasteiger partial charge in [0.1, 0.15) is 0 Å². The van der Waals surface area contributed by atoms with Crippen LogP contribution in [0.4, 0.5) is 9.59 Å². The fourth-order valence-corrected chi connectivity index (χ4v) is 0.317. The second-order valence-corrected chi connectivity index (χ2v) is 2.90. The number of nitrogens with one attached hydrogen (secondary N) is 1. The van der Waals surface area contributed by atoms with Gasteiger partial charge in [-0.1, -0.05) is 43.4 Å². The molecule has 0 aliphatic heterocycles. The maximum atomic E-state index is 10.0. The van der Waals surface area contributed by atoms with E-state index in [9.17, 15) is 4.79 Å². The van der Waals surface area contributed by atoms with Gasteiger partial charge >= 0.3 is 0 Å². The van der Waals surface area contributed by atoms with Crippen LogP contribution in [-0.2, 0) is 0 Å². The normalized spacial score (nSPS) is 7.58. The molecular weight excluding hydrogens is 220 g/mol. The van der Waals surface area contributed by atoms with Gasteiger partial charge in [0.15, 0.2) is 0 Å². The Labute approximate surface area is 86.3 Å². The number of hydrogen-bond donors (Lipinski definition) is 4. The molecule has 0 saturated heterocycles. The van der Waals surface area contributed by atoms with Crippen molar-refractivity contribution in [1.82, 2.24) is 5.32 Å². The predicted octanol–water partition coefficient (Wildman–Crippen LogP) is 1.37. The molecule has 3 N–H and O–H groups in total. The summed E-state index contributed by atoms with van der Waals surface area (Å²) in [6.45, 7) is 3.63. The van der Waals surface area contributed by atoms with E-state index in [1.165, 1.54) is 0 Å². The number of amides is 2. The molecular formula is C5H9ClN2O2S2. The maximum absolute atomic E-state index is 10.0. The Bertz CT molecular complexity index is 168. The van der Waals surface area contributed by atoms with E-state index in [1.54, 1.807) is 0 Å². The molecule has 0 aromatic carbocycles. The highest BCUT2D eigenvalue weighted by Gasteiger charge is 1.89. The summed E-state index contributed by atoms with van der Waals surface area (Å²) in [6, 6.07) is 0. The highest BCUT2D eigenvalue weighted by atomic mass is 35.5. The Kier molecular flexibility index (Phi) is 10.4. The summed E-state index contributed by atoms with van der Waals surface area (Å²) in [5, 5.41) is 1.70. The highest BCUT2D eigenvalue weighted by Crippen LogP contribution is 1.92. The largest absolute Gasteiger partial charge is 0.361 e. The third-order valence-electron chi connectivity index (χ3n) is 0.431. The first kappa shape index (κ1) is 14.2. The molecule has 7 heteroatoms. The number of carbonyl (C=O) groups is 2. The average molecular weight is 229 g/mol. The van der Waals surface area contributed by atoms with Crippen LogP contribution < -0.4 is 11.1 Å². The lowest BCUT2D eigenvalue weighted by molar-refractivity contribution is 0.261. The van der Waals surface area contributed by atoms with Crippen LogP contribution in [-0.4, -0.2) is 17.0 Å². The van der Waals surface area contributed by atoms with Gasteiger partial charge in [-0.05, 0) is 0 Å². The molecule has 0 unspecified atom stereocenters. The van der Waals surface area contributed by atoms with Crippen molar-refractivity contribution in [3.05, 3.63) is 11.6 Å². The van der Waals surface area contributed by atoms with E-state index in [1.807, 2.05) is 0 Å². The van der Waals surface area contributed by atoms with Crippen molar-refractivity contribution in [2.24, 2.45) is 5.73 Å². The van der Waals surface area contributed by atoms with Crippen LogP contribution in [0, 0.1) is 0 Å². The molecule has 0 fully saturated rings. The molecule has 4 nitrogen and oxygen atoms in total. The number of rotatable bonds is 2. The van der Waals surface area contributed by atoms with Crippen molar-refractivity contribution in [3.63, 3.8) is 0 Å². The predicted molar refractivity (Wildman–Crippen MR) is 55.9 cm³/mol. The first-order valence-corrected chi connectivity index (χ1v) is 3.92. The zero-order chi connectivity index (χ0) is 10.1. The van der Waals surface area contributed by atoms with Crippen molar-refractivity contribution in [2.75, 3.05) is 6.54 Å². The molecule has 0 rings (SSSR count). The Morgan fingerprint density at radius 3 is 1.92 bits per heavy atom. The van der Waals surface area contributed by atoms with Gasteiger partial charge in [0.25, 0.3) is 10.5 Å². The van der Waals surface area contributed by atoms with Gasteiger partial charge in [-0.2, -0.15) is 0 Å². The lowest BCUT2D eigenvalue weighted by Crippen LogP contribution is -2.17. The maximum Gasteiger partial charge on any atom is 0.276 e. The van der Waals surface area contributed by atoms with Crippen LogP contribution in [0.1, 0.15) is 0 Å². The van der Waals surface area contributed by atoms with Crippen LogP contribution in [0.5, 0.6) is 0 Å². The van der Waals surface area contributed by atoms with E-state index in [-0.39, 0.29) is 6.54 Å². The molecule has 0 saturated carbocycles. The van der Waals surface area contributed by atoms with Crippen LogP contribution >= 0.6 is 36.9 Å². The van der Waals surface area contributed by atoms with Crippen molar-refractivity contribution in [1.29, 1.82) is 0 Å². The van der Waals surface area contributed by atoms with Gasteiger partial charge in [-0.3, -0.25) is 9.59 Å². The summed E-state index contributed by atoms with van der Waals surface area (Å²) in [5.74, 6) is 0. The second-order valence-electron chi connectivity index (χ2n) is 1.51. The monoisotopic (exact) mass is 228 g/mol. The number of nitrogens with two attached hydrogens (primary N) is 1. The van der Waals surface area contributed by atoms with Gasteiger partial charge < -0.3 is 11.1 Å². The number of thiol groups is 2. The fourth-order valence-electron chi connectivity index (χ4n) is 0.172. The molecule has 0 aromatic heterocycles. The molecule has 0 bridgehead atoms. The Balaban J connectivity index is 0. The lowest BCUT2D eigenvalue weighted by atomic mass is 10.6. The minimum absolute atomic E-state index is 0.282. The topological polar surface area (TPSA) is 72.2 Å². The van der Waals surface area contributed by atoms with E-state index in [0.717, 1.165) is 0 Å². The highest BCUT2D eigenvalue weighted by molar-refractivity contribution is 7.96. The Morgan fingerprint density at radius 1 is 1.50 bits per heavy atom. The first-order valence-electron chi connectivity index (χ1n) is 2.64. The van der Waals surface area contributed by atoms with E-state index in [2.05, 4.69) is 42.9 Å². The molecule has 0 atom stereocenters. The number of hydrogen-bond acceptors (Lipinski definition) is 2. The van der Waals surface area contributed by atoms with Crippen molar-refractivity contribution < 1.29 is 9.59 Å². The molecule has 2 amide bonds. The minimum atomic E-state index is -0.639. The molecule has 0 heterocycles. The van der Waals surface area contributed by atoms with Crippen molar-refractivity contribution in [2.45, 2.75) is 0 Å². The lowest BCUT2D eigenvalue weighted by Gasteiger charge is -1.94. The van der Waals surface area contributed by atoms with Crippen LogP contribution in [0.2, 0.25) is 0 Å². The first-order chi connectivity index (χ1) is 5.36. The van der Waals surface area contributed by atoms with Gasteiger partial charge in [0.05, 0.1) is 6.54 Å². The van der Waals surface area contributed by atoms with Crippen LogP contribution in [0.15, 0.2) is 11.6 Å². The third kappa shape index (κ3) is 33.3. The second kappa shape index (κ2) is 8.76. The van der Waals surface area contributed by atoms with Crippen LogP contribution in [0.3, 0.4) is 0 Å². The molecule has 0 aliphatic carbocycles. The zero-order valence-electron chi connectivity index (χ0n) is 6.08. The smallest absolute Gasteiger partial charge is 0.276 e. The Morgan fingerprint density at radius 2 is 1.83 bits per heavy atom. The number of carbonyl (C=O) groups excluding carboxylic acids is 2. The molecule has 0 aliphatic rings.